The summed E-state index contributed by atoms with van der Waals surface area (Å²) in [6.45, 7) is -0.0438. The Balaban J connectivity index is 1.40. The van der Waals surface area contributed by atoms with Gasteiger partial charge in [-0.2, -0.15) is 4.80 Å². The summed E-state index contributed by atoms with van der Waals surface area (Å²) >= 11 is 6.14. The van der Waals surface area contributed by atoms with Crippen molar-refractivity contribution in [2.24, 2.45) is 0 Å². The number of amides is 1. The molecular weight excluding hydrogens is 374 g/mol. The van der Waals surface area contributed by atoms with Gasteiger partial charge in [0.2, 0.25) is 11.7 Å². The number of carbonyl (C=O) groups is 1. The molecule has 0 radical (unpaired) electrons. The molecule has 0 aliphatic rings. The Hall–Kier alpha value is -3.51. The van der Waals surface area contributed by atoms with Gasteiger partial charge in [-0.25, -0.2) is 0 Å². The van der Waals surface area contributed by atoms with Crippen molar-refractivity contribution in [3.8, 4) is 22.5 Å². The number of nitrogens with zero attached hydrogens (tertiary/aromatic N) is 4. The first-order valence-electron chi connectivity index (χ1n) is 8.67. The third-order valence-electron chi connectivity index (χ3n) is 4.13. The summed E-state index contributed by atoms with van der Waals surface area (Å²) in [5.74, 6) is 0.140. The molecule has 0 aliphatic carbocycles. The number of carbonyl (C=O) groups excluding carboxylic acids is 1. The van der Waals surface area contributed by atoms with Crippen LogP contribution in [-0.4, -0.2) is 26.1 Å². The molecule has 0 aliphatic heterocycles. The van der Waals surface area contributed by atoms with E-state index in [1.165, 1.54) is 4.80 Å². The Labute approximate surface area is 166 Å². The van der Waals surface area contributed by atoms with Gasteiger partial charge in [0.05, 0.1) is 5.02 Å². The fraction of sp³-hybridized carbons (Fsp3) is 0.0476. The highest BCUT2D eigenvalue weighted by molar-refractivity contribution is 6.33. The minimum Gasteiger partial charge on any atom is -0.324 e. The Morgan fingerprint density at radius 1 is 0.893 bits per heavy atom. The van der Waals surface area contributed by atoms with Crippen LogP contribution >= 0.6 is 11.6 Å². The lowest BCUT2D eigenvalue weighted by Gasteiger charge is -2.06. The highest BCUT2D eigenvalue weighted by Crippen LogP contribution is 2.24. The van der Waals surface area contributed by atoms with Crippen LogP contribution in [0.4, 0.5) is 5.69 Å². The lowest BCUT2D eigenvalue weighted by molar-refractivity contribution is -0.117. The molecule has 138 valence electrons. The second-order valence-corrected chi connectivity index (χ2v) is 6.52. The first kappa shape index (κ1) is 17.9. The fourth-order valence-electron chi connectivity index (χ4n) is 2.77. The zero-order valence-electron chi connectivity index (χ0n) is 14.8. The van der Waals surface area contributed by atoms with Crippen molar-refractivity contribution in [3.05, 3.63) is 83.9 Å². The summed E-state index contributed by atoms with van der Waals surface area (Å²) in [7, 11) is 0. The molecule has 0 fully saturated rings. The Kier molecular flexibility index (Phi) is 5.12. The van der Waals surface area contributed by atoms with Crippen LogP contribution in [0, 0.1) is 0 Å². The standard InChI is InChI=1S/C21H16ClN5O/c22-19-9-5-4-8-18(19)21-24-26-27(25-21)14-20(28)23-17-12-10-16(11-13-17)15-6-2-1-3-7-15/h1-13H,14H2,(H,23,28). The molecule has 4 aromatic rings. The van der Waals surface area contributed by atoms with Crippen LogP contribution in [0.15, 0.2) is 78.9 Å². The van der Waals surface area contributed by atoms with E-state index in [-0.39, 0.29) is 12.5 Å². The maximum absolute atomic E-state index is 12.3. The largest absolute Gasteiger partial charge is 0.324 e. The Morgan fingerprint density at radius 2 is 1.57 bits per heavy atom. The molecule has 1 N–H and O–H groups in total. The van der Waals surface area contributed by atoms with E-state index in [9.17, 15) is 4.79 Å². The SMILES string of the molecule is O=C(Cn1nnc(-c2ccccc2Cl)n1)Nc1ccc(-c2ccccc2)cc1. The average molecular weight is 390 g/mol. The van der Waals surface area contributed by atoms with Crippen LogP contribution in [0.2, 0.25) is 5.02 Å². The van der Waals surface area contributed by atoms with Crippen molar-refractivity contribution in [1.82, 2.24) is 20.2 Å². The zero-order chi connectivity index (χ0) is 19.3. The van der Waals surface area contributed by atoms with Gasteiger partial charge in [0.1, 0.15) is 6.54 Å². The van der Waals surface area contributed by atoms with Gasteiger partial charge in [-0.3, -0.25) is 4.79 Å². The first-order chi connectivity index (χ1) is 13.7. The van der Waals surface area contributed by atoms with Gasteiger partial charge in [-0.15, -0.1) is 10.2 Å². The number of anilines is 1. The zero-order valence-corrected chi connectivity index (χ0v) is 15.5. The van der Waals surface area contributed by atoms with Crippen LogP contribution < -0.4 is 5.32 Å². The van der Waals surface area contributed by atoms with Crippen molar-refractivity contribution in [2.75, 3.05) is 5.32 Å². The highest BCUT2D eigenvalue weighted by atomic mass is 35.5. The lowest BCUT2D eigenvalue weighted by atomic mass is 10.1. The molecule has 4 rings (SSSR count). The topological polar surface area (TPSA) is 72.7 Å². The van der Waals surface area contributed by atoms with Crippen LogP contribution in [0.5, 0.6) is 0 Å². The van der Waals surface area contributed by atoms with Crippen molar-refractivity contribution in [1.29, 1.82) is 0 Å². The molecule has 0 saturated carbocycles. The molecule has 6 nitrogen and oxygen atoms in total. The van der Waals surface area contributed by atoms with E-state index in [2.05, 4.69) is 20.7 Å². The third kappa shape index (κ3) is 4.07. The monoisotopic (exact) mass is 389 g/mol. The van der Waals surface area contributed by atoms with E-state index in [4.69, 9.17) is 11.6 Å². The second-order valence-electron chi connectivity index (χ2n) is 6.11. The maximum Gasteiger partial charge on any atom is 0.248 e. The summed E-state index contributed by atoms with van der Waals surface area (Å²) in [4.78, 5) is 13.5. The molecular formula is C21H16ClN5O. The number of benzene rings is 3. The van der Waals surface area contributed by atoms with E-state index in [0.29, 0.717) is 22.1 Å². The summed E-state index contributed by atoms with van der Waals surface area (Å²) in [5.41, 5.74) is 3.59. The normalized spacial score (nSPS) is 10.6. The molecule has 0 saturated heterocycles. The molecule has 28 heavy (non-hydrogen) atoms. The van der Waals surface area contributed by atoms with Crippen LogP contribution in [0.25, 0.3) is 22.5 Å². The van der Waals surface area contributed by atoms with Gasteiger partial charge >= 0.3 is 0 Å². The predicted octanol–water partition coefficient (Wildman–Crippen LogP) is 4.30. The minimum atomic E-state index is -0.240. The second kappa shape index (κ2) is 8.02. The Morgan fingerprint density at radius 3 is 2.32 bits per heavy atom. The van der Waals surface area contributed by atoms with Crippen LogP contribution in [0.1, 0.15) is 0 Å². The summed E-state index contributed by atoms with van der Waals surface area (Å²) in [6, 6.07) is 24.9. The van der Waals surface area contributed by atoms with E-state index in [1.54, 1.807) is 12.1 Å². The smallest absolute Gasteiger partial charge is 0.248 e. The molecule has 0 bridgehead atoms. The lowest BCUT2D eigenvalue weighted by Crippen LogP contribution is -2.20. The van der Waals surface area contributed by atoms with Crippen molar-refractivity contribution >= 4 is 23.2 Å². The van der Waals surface area contributed by atoms with Gasteiger partial charge < -0.3 is 5.32 Å². The quantitative estimate of drug-likeness (QED) is 0.552. The number of rotatable bonds is 5. The molecule has 0 spiro atoms. The molecule has 7 heteroatoms. The van der Waals surface area contributed by atoms with E-state index < -0.39 is 0 Å². The maximum atomic E-state index is 12.3. The Bertz CT molecular complexity index is 1090. The molecule has 1 aromatic heterocycles. The van der Waals surface area contributed by atoms with Gasteiger partial charge in [-0.05, 0) is 40.6 Å². The predicted molar refractivity (Wildman–Crippen MR) is 109 cm³/mol. The van der Waals surface area contributed by atoms with E-state index in [1.807, 2.05) is 66.7 Å². The fourth-order valence-corrected chi connectivity index (χ4v) is 2.99. The number of halogens is 1. The van der Waals surface area contributed by atoms with Crippen molar-refractivity contribution in [3.63, 3.8) is 0 Å². The number of hydrogen-bond acceptors (Lipinski definition) is 4. The first-order valence-corrected chi connectivity index (χ1v) is 9.05. The molecule has 3 aromatic carbocycles. The van der Waals surface area contributed by atoms with Crippen molar-refractivity contribution < 1.29 is 4.79 Å². The third-order valence-corrected chi connectivity index (χ3v) is 4.46. The van der Waals surface area contributed by atoms with Crippen LogP contribution in [-0.2, 0) is 11.3 Å². The molecule has 1 amide bonds. The highest BCUT2D eigenvalue weighted by Gasteiger charge is 2.11. The van der Waals surface area contributed by atoms with Crippen LogP contribution in [0.3, 0.4) is 0 Å². The molecule has 0 unspecified atom stereocenters. The van der Waals surface area contributed by atoms with Crippen molar-refractivity contribution in [2.45, 2.75) is 6.54 Å². The number of hydrogen-bond donors (Lipinski definition) is 1. The van der Waals surface area contributed by atoms with E-state index in [0.717, 1.165) is 11.1 Å². The summed E-state index contributed by atoms with van der Waals surface area (Å²) in [5, 5.41) is 15.5. The number of nitrogens with one attached hydrogen (secondary N) is 1. The van der Waals surface area contributed by atoms with Gasteiger partial charge in [0.15, 0.2) is 0 Å². The average Bonchev–Trinajstić information content (AvgIpc) is 3.17. The summed E-state index contributed by atoms with van der Waals surface area (Å²) < 4.78 is 0. The van der Waals surface area contributed by atoms with Gasteiger partial charge in [-0.1, -0.05) is 66.2 Å². The number of aromatic nitrogens is 4. The molecule has 0 atom stereocenters. The molecule has 1 heterocycles. The van der Waals surface area contributed by atoms with Gasteiger partial charge in [0.25, 0.3) is 0 Å². The summed E-state index contributed by atoms with van der Waals surface area (Å²) in [6.07, 6.45) is 0. The number of tetrazole rings is 1. The van der Waals surface area contributed by atoms with Gasteiger partial charge in [0, 0.05) is 11.3 Å². The van der Waals surface area contributed by atoms with E-state index >= 15 is 0 Å². The minimum absolute atomic E-state index is 0.0438.